The van der Waals surface area contributed by atoms with Gasteiger partial charge in [-0.3, -0.25) is 0 Å². The van der Waals surface area contributed by atoms with Gasteiger partial charge in [-0.25, -0.2) is 16.8 Å². The molecule has 0 unspecified atom stereocenters. The number of aliphatic hydroxyl groups excluding tert-OH is 1. The van der Waals surface area contributed by atoms with E-state index in [4.69, 9.17) is 44.3 Å². The summed E-state index contributed by atoms with van der Waals surface area (Å²) in [6, 6.07) is 7.99. The van der Waals surface area contributed by atoms with Crippen molar-refractivity contribution in [3.63, 3.8) is 0 Å². The maximum absolute atomic E-state index is 13.0. The summed E-state index contributed by atoms with van der Waals surface area (Å²) in [5.41, 5.74) is 0. The Balaban J connectivity index is 2.14. The molecule has 184 valence electrons. The van der Waals surface area contributed by atoms with Crippen molar-refractivity contribution in [3.05, 3.63) is 46.4 Å². The van der Waals surface area contributed by atoms with Gasteiger partial charge in [-0.05, 0) is 36.4 Å². The second kappa shape index (κ2) is 12.0. The molecule has 0 fully saturated rings. The van der Waals surface area contributed by atoms with Gasteiger partial charge in [0.2, 0.25) is 9.84 Å². The SMILES string of the molecule is CCS(=O)(=O)C[C@H](O)COc1ccc(S(=O)(=O)c2cc(Cl)c(OC[C@@H](C)CCl)c(Cl)c2)cc1. The molecule has 7 nitrogen and oxygen atoms in total. The summed E-state index contributed by atoms with van der Waals surface area (Å²) in [4.78, 5) is -0.135. The fourth-order valence-corrected chi connectivity index (χ4v) is 5.65. The van der Waals surface area contributed by atoms with E-state index in [0.29, 0.717) is 5.88 Å². The Kier molecular flexibility index (Phi) is 10.1. The van der Waals surface area contributed by atoms with Crippen LogP contribution in [0, 0.1) is 5.92 Å². The number of sulfone groups is 2. The first-order valence-corrected chi connectivity index (χ1v) is 14.5. The molecule has 33 heavy (non-hydrogen) atoms. The summed E-state index contributed by atoms with van der Waals surface area (Å²) >= 11 is 18.2. The van der Waals surface area contributed by atoms with E-state index >= 15 is 0 Å². The van der Waals surface area contributed by atoms with Crippen LogP contribution in [0.1, 0.15) is 13.8 Å². The molecule has 0 radical (unpaired) electrons. The summed E-state index contributed by atoms with van der Waals surface area (Å²) in [6.07, 6.45) is -1.20. The van der Waals surface area contributed by atoms with Crippen molar-refractivity contribution in [1.82, 2.24) is 0 Å². The Morgan fingerprint density at radius 3 is 2.03 bits per heavy atom. The van der Waals surface area contributed by atoms with Crippen LogP contribution in [0.5, 0.6) is 11.5 Å². The molecule has 1 N–H and O–H groups in total. The van der Waals surface area contributed by atoms with Crippen molar-refractivity contribution in [1.29, 1.82) is 0 Å². The molecule has 0 heterocycles. The molecular weight excluding hydrogens is 535 g/mol. The highest BCUT2D eigenvalue weighted by molar-refractivity contribution is 7.91. The van der Waals surface area contributed by atoms with Crippen molar-refractivity contribution in [2.24, 2.45) is 5.92 Å². The van der Waals surface area contributed by atoms with Gasteiger partial charge in [0.15, 0.2) is 15.6 Å². The molecule has 0 saturated heterocycles. The van der Waals surface area contributed by atoms with Crippen LogP contribution in [0.15, 0.2) is 46.2 Å². The fraction of sp³-hybridized carbons (Fsp3) is 0.429. The standard InChI is InChI=1S/C21H25Cl3O7S2/c1-3-32(26,27)13-15(25)12-30-16-4-6-17(7-5-16)33(28,29)18-8-19(23)21(20(24)9-18)31-11-14(2)10-22/h4-9,14-15,25H,3,10-13H2,1-2H3/t14-,15+/m0/s1. The zero-order chi connectivity index (χ0) is 24.8. The number of benzene rings is 2. The van der Waals surface area contributed by atoms with E-state index in [1.807, 2.05) is 6.92 Å². The van der Waals surface area contributed by atoms with Gasteiger partial charge in [0.25, 0.3) is 0 Å². The zero-order valence-electron chi connectivity index (χ0n) is 18.0. The van der Waals surface area contributed by atoms with E-state index in [0.717, 1.165) is 0 Å². The minimum absolute atomic E-state index is 0.0273. The van der Waals surface area contributed by atoms with Gasteiger partial charge in [-0.15, -0.1) is 11.6 Å². The minimum Gasteiger partial charge on any atom is -0.491 e. The Bertz CT molecular complexity index is 1130. The lowest BCUT2D eigenvalue weighted by Gasteiger charge is -2.15. The third-order valence-electron chi connectivity index (χ3n) is 4.52. The molecule has 2 aromatic rings. The third-order valence-corrected chi connectivity index (χ3v) is 9.13. The van der Waals surface area contributed by atoms with Crippen molar-refractivity contribution in [2.45, 2.75) is 29.7 Å². The van der Waals surface area contributed by atoms with Gasteiger partial charge in [0.05, 0.1) is 32.2 Å². The average Bonchev–Trinajstić information content (AvgIpc) is 2.76. The Labute approximate surface area is 209 Å². The van der Waals surface area contributed by atoms with Crippen LogP contribution in [-0.2, 0) is 19.7 Å². The highest BCUT2D eigenvalue weighted by Gasteiger charge is 2.22. The maximum Gasteiger partial charge on any atom is 0.206 e. The van der Waals surface area contributed by atoms with Gasteiger partial charge >= 0.3 is 0 Å². The van der Waals surface area contributed by atoms with Crippen LogP contribution in [0.4, 0.5) is 0 Å². The van der Waals surface area contributed by atoms with Crippen molar-refractivity contribution in [3.8, 4) is 11.5 Å². The first-order chi connectivity index (χ1) is 15.4. The Hall–Kier alpha value is -1.23. The lowest BCUT2D eigenvalue weighted by Crippen LogP contribution is -2.27. The summed E-state index contributed by atoms with van der Waals surface area (Å²) in [7, 11) is -7.29. The van der Waals surface area contributed by atoms with Crippen LogP contribution in [0.25, 0.3) is 0 Å². The van der Waals surface area contributed by atoms with Crippen LogP contribution in [0.2, 0.25) is 10.0 Å². The second-order valence-corrected chi connectivity index (χ2v) is 12.9. The minimum atomic E-state index is -3.94. The zero-order valence-corrected chi connectivity index (χ0v) is 21.9. The molecular formula is C21H25Cl3O7S2. The summed E-state index contributed by atoms with van der Waals surface area (Å²) in [5.74, 6) is 0.404. The lowest BCUT2D eigenvalue weighted by atomic mass is 10.2. The van der Waals surface area contributed by atoms with E-state index in [9.17, 15) is 21.9 Å². The Morgan fingerprint density at radius 1 is 0.939 bits per heavy atom. The van der Waals surface area contributed by atoms with E-state index in [2.05, 4.69) is 0 Å². The number of rotatable bonds is 12. The first-order valence-electron chi connectivity index (χ1n) is 9.93. The topological polar surface area (TPSA) is 107 Å². The predicted octanol–water partition coefficient (Wildman–Crippen LogP) is 4.25. The van der Waals surface area contributed by atoms with Crippen LogP contribution in [0.3, 0.4) is 0 Å². The van der Waals surface area contributed by atoms with Crippen LogP contribution < -0.4 is 9.47 Å². The van der Waals surface area contributed by atoms with Gasteiger partial charge in [0, 0.05) is 17.6 Å². The number of hydrogen-bond acceptors (Lipinski definition) is 7. The molecule has 2 atom stereocenters. The van der Waals surface area contributed by atoms with Gasteiger partial charge in [0.1, 0.15) is 18.5 Å². The van der Waals surface area contributed by atoms with Gasteiger partial charge in [-0.2, -0.15) is 0 Å². The van der Waals surface area contributed by atoms with Crippen molar-refractivity contribution >= 4 is 54.5 Å². The monoisotopic (exact) mass is 558 g/mol. The molecule has 0 aliphatic rings. The summed E-state index contributed by atoms with van der Waals surface area (Å²) in [6.45, 7) is 3.40. The van der Waals surface area contributed by atoms with Crippen LogP contribution in [-0.4, -0.2) is 58.6 Å². The predicted molar refractivity (Wildman–Crippen MR) is 130 cm³/mol. The van der Waals surface area contributed by atoms with Crippen molar-refractivity contribution < 1.29 is 31.4 Å². The van der Waals surface area contributed by atoms with E-state index in [-0.39, 0.29) is 56.2 Å². The highest BCUT2D eigenvalue weighted by Crippen LogP contribution is 2.37. The molecule has 12 heteroatoms. The molecule has 0 spiro atoms. The molecule has 0 bridgehead atoms. The summed E-state index contributed by atoms with van der Waals surface area (Å²) < 4.78 is 60.0. The molecule has 0 aromatic heterocycles. The largest absolute Gasteiger partial charge is 0.491 e. The number of hydrogen-bond donors (Lipinski definition) is 1. The number of alkyl halides is 1. The lowest BCUT2D eigenvalue weighted by molar-refractivity contribution is 0.125. The number of aliphatic hydroxyl groups is 1. The Morgan fingerprint density at radius 2 is 1.52 bits per heavy atom. The van der Waals surface area contributed by atoms with E-state index < -0.39 is 31.5 Å². The normalized spacial score (nSPS) is 14.0. The molecule has 0 aliphatic heterocycles. The first kappa shape index (κ1) is 28.0. The fourth-order valence-electron chi connectivity index (χ4n) is 2.60. The molecule has 2 aromatic carbocycles. The molecule has 0 aliphatic carbocycles. The molecule has 0 amide bonds. The smallest absolute Gasteiger partial charge is 0.206 e. The van der Waals surface area contributed by atoms with E-state index in [1.165, 1.54) is 43.3 Å². The third kappa shape index (κ3) is 7.90. The summed E-state index contributed by atoms with van der Waals surface area (Å²) in [5, 5.41) is 9.93. The quantitative estimate of drug-likeness (QED) is 0.387. The van der Waals surface area contributed by atoms with E-state index in [1.54, 1.807) is 0 Å². The average molecular weight is 560 g/mol. The second-order valence-electron chi connectivity index (χ2n) is 7.43. The molecule has 0 saturated carbocycles. The van der Waals surface area contributed by atoms with Gasteiger partial charge < -0.3 is 14.6 Å². The highest BCUT2D eigenvalue weighted by atomic mass is 35.5. The van der Waals surface area contributed by atoms with Gasteiger partial charge in [-0.1, -0.05) is 37.0 Å². The number of ether oxygens (including phenoxy) is 2. The van der Waals surface area contributed by atoms with Crippen LogP contribution >= 0.6 is 34.8 Å². The maximum atomic E-state index is 13.0. The molecule has 2 rings (SSSR count). The van der Waals surface area contributed by atoms with Crippen molar-refractivity contribution in [2.75, 3.05) is 30.6 Å². The number of halogens is 3.